The summed E-state index contributed by atoms with van der Waals surface area (Å²) < 4.78 is 22.0. The molecule has 1 saturated heterocycles. The van der Waals surface area contributed by atoms with E-state index in [2.05, 4.69) is 20.4 Å². The number of phenols is 1. The summed E-state index contributed by atoms with van der Waals surface area (Å²) in [4.78, 5) is 2.17. The van der Waals surface area contributed by atoms with Gasteiger partial charge in [0.05, 0.1) is 23.4 Å². The number of para-hydroxylation sites is 1. The molecule has 35 heavy (non-hydrogen) atoms. The van der Waals surface area contributed by atoms with Crippen LogP contribution < -0.4 is 15.0 Å². The number of halogens is 1. The number of rotatable bonds is 7. The first-order chi connectivity index (χ1) is 17.0. The summed E-state index contributed by atoms with van der Waals surface area (Å²) in [6.45, 7) is 8.28. The minimum absolute atomic E-state index is 0.236. The monoisotopic (exact) mass is 476 g/mol. The molecule has 1 aliphatic heterocycles. The number of aromatic hydroxyl groups is 1. The average Bonchev–Trinajstić information content (AvgIpc) is 3.45. The highest BCUT2D eigenvalue weighted by Crippen LogP contribution is 2.32. The van der Waals surface area contributed by atoms with Gasteiger partial charge in [-0.3, -0.25) is 0 Å². The fourth-order valence-corrected chi connectivity index (χ4v) is 4.71. The number of hydrogen-bond acceptors (Lipinski definition) is 7. The van der Waals surface area contributed by atoms with E-state index in [0.717, 1.165) is 41.8 Å². The Balaban J connectivity index is 1.42. The number of nitrogens with zero attached hydrogens (tertiary/aromatic N) is 5. The highest BCUT2D eigenvalue weighted by molar-refractivity contribution is 5.92. The molecule has 0 bridgehead atoms. The molecular formula is C26H29FN6O2. The van der Waals surface area contributed by atoms with Crippen molar-refractivity contribution in [2.45, 2.75) is 39.8 Å². The lowest BCUT2D eigenvalue weighted by Crippen LogP contribution is -2.32. The molecule has 0 amide bonds. The zero-order chi connectivity index (χ0) is 24.5. The largest absolute Gasteiger partial charge is 0.508 e. The van der Waals surface area contributed by atoms with Gasteiger partial charge in [-0.25, -0.2) is 9.07 Å². The van der Waals surface area contributed by atoms with Crippen LogP contribution in [0.1, 0.15) is 30.3 Å². The molecule has 2 aromatic heterocycles. The van der Waals surface area contributed by atoms with Crippen molar-refractivity contribution in [3.05, 3.63) is 65.2 Å². The Morgan fingerprint density at radius 3 is 2.77 bits per heavy atom. The van der Waals surface area contributed by atoms with Gasteiger partial charge in [0.15, 0.2) is 11.6 Å². The lowest BCUT2D eigenvalue weighted by Gasteiger charge is -2.18. The number of ether oxygens (including phenoxy) is 1. The second-order valence-electron chi connectivity index (χ2n) is 8.82. The summed E-state index contributed by atoms with van der Waals surface area (Å²) in [5.41, 5.74) is 3.51. The molecule has 8 nitrogen and oxygen atoms in total. The van der Waals surface area contributed by atoms with Crippen molar-refractivity contribution in [1.29, 1.82) is 0 Å². The van der Waals surface area contributed by atoms with Crippen LogP contribution in [0.5, 0.6) is 11.5 Å². The van der Waals surface area contributed by atoms with Crippen LogP contribution in [0.4, 0.5) is 10.2 Å². The first kappa shape index (κ1) is 23.0. The normalized spacial score (nSPS) is 15.8. The van der Waals surface area contributed by atoms with Gasteiger partial charge >= 0.3 is 0 Å². The first-order valence-corrected chi connectivity index (χ1v) is 11.9. The van der Waals surface area contributed by atoms with Crippen molar-refractivity contribution in [1.82, 2.24) is 25.3 Å². The Bertz CT molecular complexity index is 1370. The topological polar surface area (TPSA) is 88.3 Å². The highest BCUT2D eigenvalue weighted by Gasteiger charge is 2.28. The maximum absolute atomic E-state index is 15.0. The zero-order valence-electron chi connectivity index (χ0n) is 20.1. The van der Waals surface area contributed by atoms with Crippen molar-refractivity contribution >= 4 is 16.7 Å². The molecule has 1 atom stereocenters. The highest BCUT2D eigenvalue weighted by atomic mass is 19.1. The van der Waals surface area contributed by atoms with Crippen LogP contribution in [-0.4, -0.2) is 50.8 Å². The minimum atomic E-state index is -0.401. The van der Waals surface area contributed by atoms with E-state index in [-0.39, 0.29) is 6.04 Å². The van der Waals surface area contributed by atoms with Crippen LogP contribution in [0, 0.1) is 19.7 Å². The maximum atomic E-state index is 15.0. The molecule has 0 radical (unpaired) electrons. The van der Waals surface area contributed by atoms with Gasteiger partial charge in [0, 0.05) is 37.3 Å². The molecule has 2 N–H and O–H groups in total. The molecule has 0 spiro atoms. The van der Waals surface area contributed by atoms with Gasteiger partial charge in [-0.05, 0) is 45.4 Å². The second kappa shape index (κ2) is 9.50. The van der Waals surface area contributed by atoms with E-state index in [0.29, 0.717) is 41.7 Å². The van der Waals surface area contributed by atoms with Crippen molar-refractivity contribution in [3.8, 4) is 17.2 Å². The van der Waals surface area contributed by atoms with Crippen LogP contribution in [0.2, 0.25) is 0 Å². The van der Waals surface area contributed by atoms with E-state index in [1.807, 2.05) is 39.0 Å². The molecular weight excluding hydrogens is 447 g/mol. The smallest absolute Gasteiger partial charge is 0.179 e. The zero-order valence-corrected chi connectivity index (χ0v) is 20.1. The van der Waals surface area contributed by atoms with Crippen LogP contribution in [0.25, 0.3) is 16.6 Å². The van der Waals surface area contributed by atoms with Crippen LogP contribution in [0.15, 0.2) is 42.5 Å². The summed E-state index contributed by atoms with van der Waals surface area (Å²) in [5, 5.41) is 28.1. The van der Waals surface area contributed by atoms with Gasteiger partial charge in [-0.1, -0.05) is 18.2 Å². The van der Waals surface area contributed by atoms with Crippen LogP contribution in [0.3, 0.4) is 0 Å². The summed E-state index contributed by atoms with van der Waals surface area (Å²) in [6, 6.07) is 12.4. The fraction of sp³-hybridized carbons (Fsp3) is 0.346. The molecule has 5 rings (SSSR count). The Hall–Kier alpha value is -3.72. The third kappa shape index (κ3) is 4.39. The summed E-state index contributed by atoms with van der Waals surface area (Å²) in [6.07, 6.45) is 0.928. The third-order valence-corrected chi connectivity index (χ3v) is 6.50. The molecule has 9 heteroatoms. The average molecular weight is 477 g/mol. The first-order valence-electron chi connectivity index (χ1n) is 11.9. The predicted octanol–water partition coefficient (Wildman–Crippen LogP) is 4.04. The summed E-state index contributed by atoms with van der Waals surface area (Å²) in [7, 11) is 0. The molecule has 3 heterocycles. The van der Waals surface area contributed by atoms with Crippen molar-refractivity contribution in [2.24, 2.45) is 0 Å². The molecule has 1 fully saturated rings. The van der Waals surface area contributed by atoms with Gasteiger partial charge in [0.1, 0.15) is 22.7 Å². The SMILES string of the molecule is CCOc1ccc(-n2nc3c(N4CCC(NCc5ccccc5O)C4)nnc(C)c3c2C)c(F)c1. The second-order valence-corrected chi connectivity index (χ2v) is 8.82. The van der Waals surface area contributed by atoms with Gasteiger partial charge in [-0.2, -0.15) is 10.2 Å². The third-order valence-electron chi connectivity index (χ3n) is 6.50. The molecule has 1 unspecified atom stereocenters. The van der Waals surface area contributed by atoms with Crippen LogP contribution >= 0.6 is 0 Å². The summed E-state index contributed by atoms with van der Waals surface area (Å²) >= 11 is 0. The standard InChI is InChI=1S/C26H29FN6O2/c1-4-35-20-9-10-22(21(27)13-20)33-17(3)24-16(2)29-30-26(25(24)31-33)32-12-11-19(15-32)28-14-18-7-5-6-8-23(18)34/h5-10,13,19,28,34H,4,11-12,14-15H2,1-3H3. The van der Waals surface area contributed by atoms with E-state index < -0.39 is 5.82 Å². The van der Waals surface area contributed by atoms with E-state index in [9.17, 15) is 9.50 Å². The van der Waals surface area contributed by atoms with Crippen molar-refractivity contribution in [2.75, 3.05) is 24.6 Å². The maximum Gasteiger partial charge on any atom is 0.179 e. The molecule has 182 valence electrons. The van der Waals surface area contributed by atoms with Crippen LogP contribution in [-0.2, 0) is 6.54 Å². The van der Waals surface area contributed by atoms with Crippen molar-refractivity contribution in [3.63, 3.8) is 0 Å². The van der Waals surface area contributed by atoms with E-state index in [4.69, 9.17) is 9.84 Å². The van der Waals surface area contributed by atoms with Gasteiger partial charge in [-0.15, -0.1) is 5.10 Å². The number of nitrogens with one attached hydrogen (secondary N) is 1. The Morgan fingerprint density at radius 2 is 2.00 bits per heavy atom. The van der Waals surface area contributed by atoms with Gasteiger partial charge in [0.25, 0.3) is 0 Å². The van der Waals surface area contributed by atoms with E-state index >= 15 is 0 Å². The number of fused-ring (bicyclic) bond motifs is 1. The number of aryl methyl sites for hydroxylation is 2. The lowest BCUT2D eigenvalue weighted by molar-refractivity contribution is 0.338. The fourth-order valence-electron chi connectivity index (χ4n) is 4.71. The number of phenolic OH excluding ortho intramolecular Hbond substituents is 1. The molecule has 0 saturated carbocycles. The van der Waals surface area contributed by atoms with E-state index in [1.54, 1.807) is 22.9 Å². The van der Waals surface area contributed by atoms with E-state index in [1.165, 1.54) is 6.07 Å². The summed E-state index contributed by atoms with van der Waals surface area (Å²) in [5.74, 6) is 1.08. The van der Waals surface area contributed by atoms with Gasteiger partial charge < -0.3 is 20.1 Å². The number of anilines is 1. The van der Waals surface area contributed by atoms with Crippen molar-refractivity contribution < 1.29 is 14.2 Å². The lowest BCUT2D eigenvalue weighted by atomic mass is 10.2. The predicted molar refractivity (Wildman–Crippen MR) is 133 cm³/mol. The number of benzene rings is 2. The molecule has 0 aliphatic carbocycles. The Morgan fingerprint density at radius 1 is 1.17 bits per heavy atom. The quantitative estimate of drug-likeness (QED) is 0.416. The minimum Gasteiger partial charge on any atom is -0.508 e. The molecule has 1 aliphatic rings. The molecule has 2 aromatic carbocycles. The number of hydrogen-bond donors (Lipinski definition) is 2. The van der Waals surface area contributed by atoms with Gasteiger partial charge in [0.2, 0.25) is 0 Å². The Labute approximate surface area is 203 Å². The Kier molecular flexibility index (Phi) is 6.25. The number of aromatic nitrogens is 4. The molecule has 4 aromatic rings.